The summed E-state index contributed by atoms with van der Waals surface area (Å²) in [6.07, 6.45) is 19.8. The number of benzene rings is 2. The summed E-state index contributed by atoms with van der Waals surface area (Å²) in [5.74, 6) is 1.48. The van der Waals surface area contributed by atoms with Crippen molar-refractivity contribution >= 4 is 0 Å². The minimum atomic E-state index is -0.243. The molecule has 3 nitrogen and oxygen atoms in total. The number of rotatable bonds is 19. The van der Waals surface area contributed by atoms with E-state index in [-0.39, 0.29) is 6.29 Å². The predicted molar refractivity (Wildman–Crippen MR) is 156 cm³/mol. The van der Waals surface area contributed by atoms with Gasteiger partial charge < -0.3 is 14.2 Å². The molecule has 0 aromatic heterocycles. The van der Waals surface area contributed by atoms with E-state index in [4.69, 9.17) is 14.2 Å². The van der Waals surface area contributed by atoms with Crippen LogP contribution in [0, 0.1) is 5.92 Å². The maximum absolute atomic E-state index is 6.09. The topological polar surface area (TPSA) is 27.7 Å². The van der Waals surface area contributed by atoms with Crippen molar-refractivity contribution in [3.8, 4) is 16.9 Å². The van der Waals surface area contributed by atoms with E-state index in [0.29, 0.717) is 5.92 Å². The zero-order chi connectivity index (χ0) is 26.0. The maximum atomic E-state index is 6.09. The summed E-state index contributed by atoms with van der Waals surface area (Å²) in [7, 11) is 0. The Balaban J connectivity index is 1.31. The average Bonchev–Trinajstić information content (AvgIpc) is 2.95. The Bertz CT molecular complexity index is 834. The second-order valence-electron chi connectivity index (χ2n) is 10.6. The standard InChI is InChI=1S/C34H50O3/c1-3-5-7-9-11-12-13-15-17-29-27-36-34(37-28-29)32-20-18-30(19-21-32)31-22-24-33(25-23-31)35-26-16-14-10-8-6-4-2/h3,18-25,29,34H,1,4-17,26-28H2,2H3. The van der Waals surface area contributed by atoms with Gasteiger partial charge in [0, 0.05) is 11.5 Å². The minimum Gasteiger partial charge on any atom is -0.494 e. The molecule has 204 valence electrons. The van der Waals surface area contributed by atoms with E-state index in [9.17, 15) is 0 Å². The lowest BCUT2D eigenvalue weighted by molar-refractivity contribution is -0.206. The molecule has 1 heterocycles. The monoisotopic (exact) mass is 506 g/mol. The summed E-state index contributed by atoms with van der Waals surface area (Å²) in [5.41, 5.74) is 3.50. The summed E-state index contributed by atoms with van der Waals surface area (Å²) in [5, 5.41) is 0. The van der Waals surface area contributed by atoms with Crippen molar-refractivity contribution in [1.82, 2.24) is 0 Å². The molecule has 1 aliphatic rings. The van der Waals surface area contributed by atoms with Crippen LogP contribution in [-0.2, 0) is 9.47 Å². The van der Waals surface area contributed by atoms with Gasteiger partial charge in [0.15, 0.2) is 6.29 Å². The summed E-state index contributed by atoms with van der Waals surface area (Å²) >= 11 is 0. The van der Waals surface area contributed by atoms with E-state index < -0.39 is 0 Å². The van der Waals surface area contributed by atoms with Crippen LogP contribution in [0.4, 0.5) is 0 Å². The van der Waals surface area contributed by atoms with Crippen LogP contribution in [0.2, 0.25) is 0 Å². The van der Waals surface area contributed by atoms with Crippen LogP contribution < -0.4 is 4.74 Å². The number of hydrogen-bond donors (Lipinski definition) is 0. The molecule has 0 atom stereocenters. The quantitative estimate of drug-likeness (QED) is 0.140. The van der Waals surface area contributed by atoms with Crippen molar-refractivity contribution in [3.63, 3.8) is 0 Å². The van der Waals surface area contributed by atoms with Gasteiger partial charge >= 0.3 is 0 Å². The van der Waals surface area contributed by atoms with Gasteiger partial charge in [-0.25, -0.2) is 0 Å². The van der Waals surface area contributed by atoms with Gasteiger partial charge in [-0.05, 0) is 48.9 Å². The molecule has 0 unspecified atom stereocenters. The van der Waals surface area contributed by atoms with Crippen LogP contribution in [-0.4, -0.2) is 19.8 Å². The molecular formula is C34H50O3. The lowest BCUT2D eigenvalue weighted by Crippen LogP contribution is -2.27. The fourth-order valence-electron chi connectivity index (χ4n) is 4.98. The van der Waals surface area contributed by atoms with Gasteiger partial charge in [-0.3, -0.25) is 0 Å². The fraction of sp³-hybridized carbons (Fsp3) is 0.588. The summed E-state index contributed by atoms with van der Waals surface area (Å²) in [6.45, 7) is 8.45. The van der Waals surface area contributed by atoms with Crippen molar-refractivity contribution in [2.75, 3.05) is 19.8 Å². The van der Waals surface area contributed by atoms with E-state index in [0.717, 1.165) is 44.0 Å². The molecule has 0 bridgehead atoms. The highest BCUT2D eigenvalue weighted by atomic mass is 16.7. The first-order valence-electron chi connectivity index (χ1n) is 15.0. The Morgan fingerprint density at radius 1 is 0.730 bits per heavy atom. The molecular weight excluding hydrogens is 456 g/mol. The van der Waals surface area contributed by atoms with Crippen LogP contribution in [0.15, 0.2) is 61.2 Å². The Hall–Kier alpha value is -2.10. The van der Waals surface area contributed by atoms with Gasteiger partial charge in [0.05, 0.1) is 19.8 Å². The highest BCUT2D eigenvalue weighted by molar-refractivity contribution is 5.64. The zero-order valence-corrected chi connectivity index (χ0v) is 23.3. The van der Waals surface area contributed by atoms with E-state index in [2.05, 4.69) is 62.0 Å². The number of ether oxygens (including phenoxy) is 3. The largest absolute Gasteiger partial charge is 0.494 e. The molecule has 2 aromatic carbocycles. The summed E-state index contributed by atoms with van der Waals surface area (Å²) < 4.78 is 18.1. The van der Waals surface area contributed by atoms with Gasteiger partial charge in [-0.15, -0.1) is 6.58 Å². The normalized spacial score (nSPS) is 17.5. The zero-order valence-electron chi connectivity index (χ0n) is 23.3. The third-order valence-electron chi connectivity index (χ3n) is 7.37. The van der Waals surface area contributed by atoms with Crippen molar-refractivity contribution in [2.24, 2.45) is 5.92 Å². The molecule has 0 N–H and O–H groups in total. The Labute approximate surface area is 226 Å². The van der Waals surface area contributed by atoms with Crippen molar-refractivity contribution in [1.29, 1.82) is 0 Å². The smallest absolute Gasteiger partial charge is 0.183 e. The lowest BCUT2D eigenvalue weighted by Gasteiger charge is -2.29. The first-order chi connectivity index (χ1) is 18.3. The predicted octanol–water partition coefficient (Wildman–Crippen LogP) is 10.1. The van der Waals surface area contributed by atoms with Crippen LogP contribution in [0.25, 0.3) is 11.1 Å². The molecule has 3 heteroatoms. The van der Waals surface area contributed by atoms with Gasteiger partial charge in [0.25, 0.3) is 0 Å². The van der Waals surface area contributed by atoms with E-state index in [1.54, 1.807) is 0 Å². The summed E-state index contributed by atoms with van der Waals surface area (Å²) in [6, 6.07) is 17.0. The Morgan fingerprint density at radius 2 is 1.30 bits per heavy atom. The molecule has 3 rings (SSSR count). The van der Waals surface area contributed by atoms with E-state index in [1.165, 1.54) is 88.2 Å². The van der Waals surface area contributed by atoms with Gasteiger partial charge in [-0.1, -0.05) is 114 Å². The van der Waals surface area contributed by atoms with Crippen LogP contribution in [0.5, 0.6) is 5.75 Å². The van der Waals surface area contributed by atoms with Crippen molar-refractivity contribution in [3.05, 3.63) is 66.7 Å². The highest BCUT2D eigenvalue weighted by Crippen LogP contribution is 2.30. The molecule has 1 fully saturated rings. The number of hydrogen-bond acceptors (Lipinski definition) is 3. The molecule has 1 saturated heterocycles. The second-order valence-corrected chi connectivity index (χ2v) is 10.6. The Kier molecular flexibility index (Phi) is 14.5. The SMILES string of the molecule is C=CCCCCCCCCC1COC(c2ccc(-c3ccc(OCCCCCCCC)cc3)cc2)OC1. The van der Waals surface area contributed by atoms with Gasteiger partial charge in [0.1, 0.15) is 5.75 Å². The fourth-order valence-corrected chi connectivity index (χ4v) is 4.98. The van der Waals surface area contributed by atoms with Gasteiger partial charge in [-0.2, -0.15) is 0 Å². The maximum Gasteiger partial charge on any atom is 0.183 e. The van der Waals surface area contributed by atoms with Crippen LogP contribution in [0.3, 0.4) is 0 Å². The summed E-state index contributed by atoms with van der Waals surface area (Å²) in [4.78, 5) is 0. The molecule has 0 saturated carbocycles. The molecule has 37 heavy (non-hydrogen) atoms. The molecule has 0 amide bonds. The third-order valence-corrected chi connectivity index (χ3v) is 7.37. The minimum absolute atomic E-state index is 0.243. The third kappa shape index (κ3) is 11.4. The van der Waals surface area contributed by atoms with Crippen molar-refractivity contribution in [2.45, 2.75) is 103 Å². The lowest BCUT2D eigenvalue weighted by atomic mass is 10.00. The van der Waals surface area contributed by atoms with Gasteiger partial charge in [0.2, 0.25) is 0 Å². The highest BCUT2D eigenvalue weighted by Gasteiger charge is 2.23. The van der Waals surface area contributed by atoms with Crippen molar-refractivity contribution < 1.29 is 14.2 Å². The first kappa shape index (κ1) is 29.5. The first-order valence-corrected chi connectivity index (χ1v) is 15.0. The second kappa shape index (κ2) is 18.2. The van der Waals surface area contributed by atoms with Crippen LogP contribution >= 0.6 is 0 Å². The molecule has 2 aromatic rings. The average molecular weight is 507 g/mol. The molecule has 1 aliphatic heterocycles. The number of unbranched alkanes of at least 4 members (excludes halogenated alkanes) is 11. The van der Waals surface area contributed by atoms with E-state index >= 15 is 0 Å². The Morgan fingerprint density at radius 3 is 1.95 bits per heavy atom. The number of allylic oxidation sites excluding steroid dienone is 1. The van der Waals surface area contributed by atoms with Crippen LogP contribution in [0.1, 0.15) is 109 Å². The molecule has 0 aliphatic carbocycles. The molecule has 0 spiro atoms. The molecule has 0 radical (unpaired) electrons. The van der Waals surface area contributed by atoms with E-state index in [1.807, 2.05) is 6.08 Å².